The highest BCUT2D eigenvalue weighted by atomic mass is 15.3. The van der Waals surface area contributed by atoms with Gasteiger partial charge >= 0.3 is 0 Å². The summed E-state index contributed by atoms with van der Waals surface area (Å²) in [7, 11) is 2.14. The third-order valence-corrected chi connectivity index (χ3v) is 5.00. The molecule has 3 aliphatic rings. The fourth-order valence-corrected chi connectivity index (χ4v) is 3.69. The van der Waals surface area contributed by atoms with Crippen LogP contribution in [0.5, 0.6) is 0 Å². The molecule has 0 atom stereocenters. The van der Waals surface area contributed by atoms with Gasteiger partial charge in [0, 0.05) is 26.2 Å². The van der Waals surface area contributed by atoms with E-state index in [2.05, 4.69) is 45.7 Å². The highest BCUT2D eigenvalue weighted by molar-refractivity contribution is 5.75. The Morgan fingerprint density at radius 3 is 2.70 bits per heavy atom. The van der Waals surface area contributed by atoms with Crippen molar-refractivity contribution in [1.29, 1.82) is 0 Å². The number of aryl methyl sites for hydroxylation is 1. The second-order valence-electron chi connectivity index (χ2n) is 6.12. The van der Waals surface area contributed by atoms with Crippen molar-refractivity contribution in [2.45, 2.75) is 25.4 Å². The van der Waals surface area contributed by atoms with Crippen LogP contribution in [0, 0.1) is 0 Å². The smallest absolute Gasteiger partial charge is 0.123 e. The van der Waals surface area contributed by atoms with Crippen LogP contribution in [-0.2, 0) is 13.6 Å². The Morgan fingerprint density at radius 2 is 1.90 bits per heavy atom. The van der Waals surface area contributed by atoms with Gasteiger partial charge in [-0.3, -0.25) is 4.90 Å². The molecule has 2 aromatic rings. The molecule has 1 aromatic carbocycles. The first-order valence-corrected chi connectivity index (χ1v) is 7.68. The van der Waals surface area contributed by atoms with Gasteiger partial charge in [-0.05, 0) is 38.1 Å². The largest absolute Gasteiger partial charge is 0.330 e. The van der Waals surface area contributed by atoms with E-state index in [1.54, 1.807) is 0 Å². The van der Waals surface area contributed by atoms with Crippen molar-refractivity contribution in [3.8, 4) is 0 Å². The predicted octanol–water partition coefficient (Wildman–Crippen LogP) is 1.85. The van der Waals surface area contributed by atoms with Gasteiger partial charge < -0.3 is 9.47 Å². The SMILES string of the molecule is Cn1c(CN2CCN3CCC2CC3)nc2ccccc21. The van der Waals surface area contributed by atoms with Crippen LogP contribution in [0.25, 0.3) is 11.0 Å². The maximum Gasteiger partial charge on any atom is 0.123 e. The Hall–Kier alpha value is -1.39. The van der Waals surface area contributed by atoms with Gasteiger partial charge in [-0.15, -0.1) is 0 Å². The van der Waals surface area contributed by atoms with Crippen molar-refractivity contribution in [2.24, 2.45) is 7.05 Å². The number of piperidine rings is 1. The van der Waals surface area contributed by atoms with Crippen molar-refractivity contribution in [3.63, 3.8) is 0 Å². The summed E-state index contributed by atoms with van der Waals surface area (Å²) in [6, 6.07) is 9.19. The topological polar surface area (TPSA) is 24.3 Å². The summed E-state index contributed by atoms with van der Waals surface area (Å²) in [4.78, 5) is 10.1. The van der Waals surface area contributed by atoms with Gasteiger partial charge in [0.1, 0.15) is 5.82 Å². The van der Waals surface area contributed by atoms with Crippen LogP contribution in [0.3, 0.4) is 0 Å². The van der Waals surface area contributed by atoms with Crippen LogP contribution in [0.15, 0.2) is 24.3 Å². The van der Waals surface area contributed by atoms with E-state index >= 15 is 0 Å². The normalized spacial score (nSPS) is 27.1. The molecular formula is C16H22N4. The van der Waals surface area contributed by atoms with E-state index in [9.17, 15) is 0 Å². The summed E-state index contributed by atoms with van der Waals surface area (Å²) in [6.07, 6.45) is 2.65. The molecule has 0 saturated carbocycles. The Balaban J connectivity index is 1.62. The lowest BCUT2D eigenvalue weighted by molar-refractivity contribution is 0.172. The molecule has 20 heavy (non-hydrogen) atoms. The quantitative estimate of drug-likeness (QED) is 0.832. The lowest BCUT2D eigenvalue weighted by atomic mass is 10.1. The highest BCUT2D eigenvalue weighted by Gasteiger charge is 2.29. The molecule has 1 aromatic heterocycles. The number of rotatable bonds is 2. The summed E-state index contributed by atoms with van der Waals surface area (Å²) in [6.45, 7) is 5.96. The molecule has 0 unspecified atom stereocenters. The number of aromatic nitrogens is 2. The summed E-state index contributed by atoms with van der Waals surface area (Å²) in [5.74, 6) is 1.20. The third kappa shape index (κ3) is 2.03. The number of hydrogen-bond acceptors (Lipinski definition) is 3. The van der Waals surface area contributed by atoms with E-state index in [0.717, 1.165) is 18.1 Å². The summed E-state index contributed by atoms with van der Waals surface area (Å²) in [5.41, 5.74) is 2.36. The van der Waals surface area contributed by atoms with Crippen molar-refractivity contribution < 1.29 is 0 Å². The molecule has 0 spiro atoms. The molecule has 4 heteroatoms. The molecule has 5 rings (SSSR count). The van der Waals surface area contributed by atoms with Gasteiger partial charge in [-0.2, -0.15) is 0 Å². The summed E-state index contributed by atoms with van der Waals surface area (Å²) < 4.78 is 2.26. The maximum absolute atomic E-state index is 4.83. The van der Waals surface area contributed by atoms with Gasteiger partial charge in [-0.1, -0.05) is 12.1 Å². The molecule has 2 bridgehead atoms. The minimum atomic E-state index is 0.758. The molecule has 0 radical (unpaired) electrons. The Morgan fingerprint density at radius 1 is 1.10 bits per heavy atom. The average Bonchev–Trinajstić information content (AvgIpc) is 2.64. The van der Waals surface area contributed by atoms with E-state index in [4.69, 9.17) is 4.98 Å². The molecule has 3 saturated heterocycles. The number of hydrogen-bond donors (Lipinski definition) is 0. The van der Waals surface area contributed by atoms with Gasteiger partial charge in [-0.25, -0.2) is 4.98 Å². The lowest BCUT2D eigenvalue weighted by Crippen LogP contribution is -2.37. The highest BCUT2D eigenvalue weighted by Crippen LogP contribution is 2.23. The first-order chi connectivity index (χ1) is 9.81. The van der Waals surface area contributed by atoms with Crippen molar-refractivity contribution >= 4 is 11.0 Å². The number of nitrogens with zero attached hydrogens (tertiary/aromatic N) is 4. The summed E-state index contributed by atoms with van der Waals surface area (Å²) in [5, 5.41) is 0. The number of imidazole rings is 1. The zero-order valence-electron chi connectivity index (χ0n) is 12.1. The van der Waals surface area contributed by atoms with Crippen molar-refractivity contribution in [2.75, 3.05) is 26.2 Å². The van der Waals surface area contributed by atoms with Crippen LogP contribution in [0.4, 0.5) is 0 Å². The van der Waals surface area contributed by atoms with Crippen LogP contribution in [0.2, 0.25) is 0 Å². The fourth-order valence-electron chi connectivity index (χ4n) is 3.69. The molecule has 4 heterocycles. The zero-order valence-corrected chi connectivity index (χ0v) is 12.1. The van der Waals surface area contributed by atoms with E-state index < -0.39 is 0 Å². The van der Waals surface area contributed by atoms with Crippen LogP contribution >= 0.6 is 0 Å². The van der Waals surface area contributed by atoms with E-state index in [1.165, 1.54) is 50.4 Å². The molecule has 0 aliphatic carbocycles. The number of fused-ring (bicyclic) bond motifs is 5. The molecule has 3 aliphatic heterocycles. The zero-order chi connectivity index (χ0) is 13.5. The second-order valence-corrected chi connectivity index (χ2v) is 6.12. The van der Waals surface area contributed by atoms with Gasteiger partial charge in [0.05, 0.1) is 17.6 Å². The lowest BCUT2D eigenvalue weighted by Gasteiger charge is -2.31. The molecule has 3 fully saturated rings. The van der Waals surface area contributed by atoms with Gasteiger partial charge in [0.2, 0.25) is 0 Å². The maximum atomic E-state index is 4.83. The Kier molecular flexibility index (Phi) is 3.00. The van der Waals surface area contributed by atoms with Gasteiger partial charge in [0.25, 0.3) is 0 Å². The van der Waals surface area contributed by atoms with Crippen molar-refractivity contribution in [3.05, 3.63) is 30.1 Å². The first-order valence-electron chi connectivity index (χ1n) is 7.68. The first kappa shape index (κ1) is 12.4. The fraction of sp³-hybridized carbons (Fsp3) is 0.562. The minimum Gasteiger partial charge on any atom is -0.330 e. The average molecular weight is 270 g/mol. The van der Waals surface area contributed by atoms with Crippen LogP contribution in [0.1, 0.15) is 18.7 Å². The standard InChI is InChI=1S/C16H22N4/c1-18-15-5-3-2-4-14(15)17-16(18)12-20-11-10-19-8-6-13(20)7-9-19/h2-5,13H,6-12H2,1H3. The number of para-hydroxylation sites is 2. The van der Waals surface area contributed by atoms with Crippen LogP contribution < -0.4 is 0 Å². The van der Waals surface area contributed by atoms with E-state index in [1.807, 2.05) is 0 Å². The van der Waals surface area contributed by atoms with Crippen LogP contribution in [-0.4, -0.2) is 51.6 Å². The third-order valence-electron chi connectivity index (χ3n) is 5.00. The minimum absolute atomic E-state index is 0.758. The van der Waals surface area contributed by atoms with Crippen molar-refractivity contribution in [1.82, 2.24) is 19.4 Å². The molecule has 0 N–H and O–H groups in total. The number of benzene rings is 1. The summed E-state index contributed by atoms with van der Waals surface area (Å²) >= 11 is 0. The second kappa shape index (κ2) is 4.86. The van der Waals surface area contributed by atoms with Gasteiger partial charge in [0.15, 0.2) is 0 Å². The Labute approximate surface area is 120 Å². The van der Waals surface area contributed by atoms with E-state index in [-0.39, 0.29) is 0 Å². The molecule has 0 amide bonds. The molecule has 4 nitrogen and oxygen atoms in total. The predicted molar refractivity (Wildman–Crippen MR) is 80.6 cm³/mol. The Bertz CT molecular complexity index is 610. The molecular weight excluding hydrogens is 248 g/mol. The molecule has 106 valence electrons. The monoisotopic (exact) mass is 270 g/mol. The van der Waals surface area contributed by atoms with E-state index in [0.29, 0.717) is 0 Å².